The lowest BCUT2D eigenvalue weighted by Crippen LogP contribution is -2.31. The Morgan fingerprint density at radius 1 is 1.05 bits per heavy atom. The highest BCUT2D eigenvalue weighted by molar-refractivity contribution is 5.94. The molecule has 0 heterocycles. The maximum atomic E-state index is 12.2. The van der Waals surface area contributed by atoms with Gasteiger partial charge < -0.3 is 15.5 Å². The molecule has 5 nitrogen and oxygen atoms in total. The second-order valence-electron chi connectivity index (χ2n) is 5.11. The van der Waals surface area contributed by atoms with E-state index < -0.39 is 0 Å². The summed E-state index contributed by atoms with van der Waals surface area (Å²) in [6.45, 7) is 8.39. The van der Waals surface area contributed by atoms with Crippen LogP contribution in [0, 0.1) is 0 Å². The summed E-state index contributed by atoms with van der Waals surface area (Å²) in [7, 11) is 0. The number of amides is 2. The average molecular weight is 305 g/mol. The summed E-state index contributed by atoms with van der Waals surface area (Å²) in [4.78, 5) is 25.6. The van der Waals surface area contributed by atoms with Gasteiger partial charge in [0.1, 0.15) is 0 Å². The van der Waals surface area contributed by atoms with E-state index in [0.29, 0.717) is 25.2 Å². The molecule has 1 aromatic rings. The summed E-state index contributed by atoms with van der Waals surface area (Å²) in [5, 5.41) is 5.91. The van der Waals surface area contributed by atoms with E-state index in [4.69, 9.17) is 0 Å². The zero-order valence-corrected chi connectivity index (χ0v) is 13.8. The van der Waals surface area contributed by atoms with Crippen LogP contribution in [0.15, 0.2) is 24.3 Å². The fraction of sp³-hybridized carbons (Fsp3) is 0.529. The van der Waals surface area contributed by atoms with Gasteiger partial charge in [-0.25, -0.2) is 0 Å². The number of hydrogen-bond donors (Lipinski definition) is 2. The number of carbonyl (C=O) groups excluding carboxylic acids is 2. The SMILES string of the molecule is CCCCNC(=O)CNc1ccc(C(=O)N(CC)CC)cc1. The minimum absolute atomic E-state index is 0.0169. The first-order chi connectivity index (χ1) is 10.6. The minimum Gasteiger partial charge on any atom is -0.376 e. The maximum Gasteiger partial charge on any atom is 0.253 e. The topological polar surface area (TPSA) is 61.4 Å². The van der Waals surface area contributed by atoms with E-state index in [1.54, 1.807) is 17.0 Å². The second-order valence-corrected chi connectivity index (χ2v) is 5.11. The van der Waals surface area contributed by atoms with Crippen molar-refractivity contribution in [3.05, 3.63) is 29.8 Å². The Bertz CT molecular complexity index is 467. The molecule has 1 rings (SSSR count). The summed E-state index contributed by atoms with van der Waals surface area (Å²) in [5.74, 6) is 0.0191. The van der Waals surface area contributed by atoms with Gasteiger partial charge in [0.05, 0.1) is 6.54 Å². The normalized spacial score (nSPS) is 10.1. The standard InChI is InChI=1S/C17H27N3O2/c1-4-7-12-18-16(21)13-19-15-10-8-14(9-11-15)17(22)20(5-2)6-3/h8-11,19H,4-7,12-13H2,1-3H3,(H,18,21). The number of anilines is 1. The minimum atomic E-state index is -0.0169. The van der Waals surface area contributed by atoms with Gasteiger partial charge in [0.2, 0.25) is 5.91 Å². The van der Waals surface area contributed by atoms with Gasteiger partial charge in [-0.05, 0) is 44.5 Å². The molecule has 0 saturated carbocycles. The third kappa shape index (κ3) is 5.76. The highest BCUT2D eigenvalue weighted by Crippen LogP contribution is 2.11. The summed E-state index contributed by atoms with van der Waals surface area (Å²) < 4.78 is 0. The van der Waals surface area contributed by atoms with Gasteiger partial charge in [0.25, 0.3) is 5.91 Å². The molecule has 0 aliphatic heterocycles. The van der Waals surface area contributed by atoms with E-state index in [-0.39, 0.29) is 18.4 Å². The monoisotopic (exact) mass is 305 g/mol. The Labute approximate surface area is 133 Å². The number of hydrogen-bond acceptors (Lipinski definition) is 3. The number of benzene rings is 1. The number of nitrogens with zero attached hydrogens (tertiary/aromatic N) is 1. The van der Waals surface area contributed by atoms with Crippen LogP contribution in [-0.4, -0.2) is 42.9 Å². The average Bonchev–Trinajstić information content (AvgIpc) is 2.54. The van der Waals surface area contributed by atoms with Crippen LogP contribution in [0.2, 0.25) is 0 Å². The predicted molar refractivity (Wildman–Crippen MR) is 90.1 cm³/mol. The molecule has 5 heteroatoms. The van der Waals surface area contributed by atoms with Crippen LogP contribution in [0.3, 0.4) is 0 Å². The number of unbranched alkanes of at least 4 members (excludes halogenated alkanes) is 1. The molecule has 1 aromatic carbocycles. The first-order valence-corrected chi connectivity index (χ1v) is 8.02. The van der Waals surface area contributed by atoms with E-state index >= 15 is 0 Å². The second kappa shape index (κ2) is 9.82. The molecule has 2 N–H and O–H groups in total. The van der Waals surface area contributed by atoms with Crippen LogP contribution < -0.4 is 10.6 Å². The first-order valence-electron chi connectivity index (χ1n) is 8.02. The van der Waals surface area contributed by atoms with Gasteiger partial charge in [-0.2, -0.15) is 0 Å². The quantitative estimate of drug-likeness (QED) is 0.689. The van der Waals surface area contributed by atoms with E-state index in [0.717, 1.165) is 18.5 Å². The Kier molecular flexibility index (Phi) is 8.04. The summed E-state index contributed by atoms with van der Waals surface area (Å²) in [6.07, 6.45) is 2.06. The molecule has 0 bridgehead atoms. The van der Waals surface area contributed by atoms with E-state index in [9.17, 15) is 9.59 Å². The van der Waals surface area contributed by atoms with Crippen molar-refractivity contribution in [2.24, 2.45) is 0 Å². The lowest BCUT2D eigenvalue weighted by molar-refractivity contribution is -0.119. The Morgan fingerprint density at radius 3 is 2.23 bits per heavy atom. The van der Waals surface area contributed by atoms with Crippen LogP contribution in [-0.2, 0) is 4.79 Å². The van der Waals surface area contributed by atoms with Crippen molar-refractivity contribution in [2.45, 2.75) is 33.6 Å². The lowest BCUT2D eigenvalue weighted by atomic mass is 10.2. The molecule has 0 aliphatic carbocycles. The van der Waals surface area contributed by atoms with Crippen LogP contribution in [0.1, 0.15) is 44.0 Å². The Balaban J connectivity index is 2.48. The molecule has 0 fully saturated rings. The molecule has 0 aromatic heterocycles. The first kappa shape index (κ1) is 18.0. The van der Waals surface area contributed by atoms with Crippen LogP contribution in [0.4, 0.5) is 5.69 Å². The summed E-state index contributed by atoms with van der Waals surface area (Å²) in [6, 6.07) is 7.24. The molecular formula is C17H27N3O2. The molecule has 122 valence electrons. The van der Waals surface area contributed by atoms with Crippen molar-refractivity contribution >= 4 is 17.5 Å². The zero-order valence-electron chi connectivity index (χ0n) is 13.8. The van der Waals surface area contributed by atoms with Gasteiger partial charge in [0, 0.05) is 30.9 Å². The molecular weight excluding hydrogens is 278 g/mol. The van der Waals surface area contributed by atoms with Gasteiger partial charge in [0.15, 0.2) is 0 Å². The van der Waals surface area contributed by atoms with E-state index in [2.05, 4.69) is 17.6 Å². The van der Waals surface area contributed by atoms with Gasteiger partial charge in [-0.15, -0.1) is 0 Å². The lowest BCUT2D eigenvalue weighted by Gasteiger charge is -2.18. The third-order valence-electron chi connectivity index (χ3n) is 3.49. The predicted octanol–water partition coefficient (Wildman–Crippen LogP) is 2.50. The van der Waals surface area contributed by atoms with Crippen LogP contribution >= 0.6 is 0 Å². The van der Waals surface area contributed by atoms with Crippen molar-refractivity contribution in [1.29, 1.82) is 0 Å². The molecule has 0 aliphatic rings. The van der Waals surface area contributed by atoms with Gasteiger partial charge in [-0.1, -0.05) is 13.3 Å². The van der Waals surface area contributed by atoms with E-state index in [1.165, 1.54) is 0 Å². The summed E-state index contributed by atoms with van der Waals surface area (Å²) >= 11 is 0. The van der Waals surface area contributed by atoms with Gasteiger partial charge >= 0.3 is 0 Å². The molecule has 22 heavy (non-hydrogen) atoms. The smallest absolute Gasteiger partial charge is 0.253 e. The number of nitrogens with one attached hydrogen (secondary N) is 2. The molecule has 2 amide bonds. The van der Waals surface area contributed by atoms with Crippen LogP contribution in [0.25, 0.3) is 0 Å². The highest BCUT2D eigenvalue weighted by atomic mass is 16.2. The molecule has 0 unspecified atom stereocenters. The number of rotatable bonds is 9. The molecule has 0 radical (unpaired) electrons. The fourth-order valence-electron chi connectivity index (χ4n) is 2.07. The molecule has 0 saturated heterocycles. The van der Waals surface area contributed by atoms with Crippen molar-refractivity contribution in [3.63, 3.8) is 0 Å². The van der Waals surface area contributed by atoms with Crippen molar-refractivity contribution < 1.29 is 9.59 Å². The zero-order chi connectivity index (χ0) is 16.4. The molecule has 0 spiro atoms. The van der Waals surface area contributed by atoms with Gasteiger partial charge in [-0.3, -0.25) is 9.59 Å². The number of carbonyl (C=O) groups is 2. The van der Waals surface area contributed by atoms with Crippen molar-refractivity contribution in [3.8, 4) is 0 Å². The maximum absolute atomic E-state index is 12.2. The summed E-state index contributed by atoms with van der Waals surface area (Å²) in [5.41, 5.74) is 1.50. The fourth-order valence-corrected chi connectivity index (χ4v) is 2.07. The third-order valence-corrected chi connectivity index (χ3v) is 3.49. The Morgan fingerprint density at radius 2 is 1.68 bits per heavy atom. The largest absolute Gasteiger partial charge is 0.376 e. The highest BCUT2D eigenvalue weighted by Gasteiger charge is 2.11. The Hall–Kier alpha value is -2.04. The molecule has 0 atom stereocenters. The van der Waals surface area contributed by atoms with Crippen molar-refractivity contribution in [2.75, 3.05) is 31.5 Å². The van der Waals surface area contributed by atoms with Crippen molar-refractivity contribution in [1.82, 2.24) is 10.2 Å². The van der Waals surface area contributed by atoms with E-state index in [1.807, 2.05) is 26.0 Å². The van der Waals surface area contributed by atoms with Crippen LogP contribution in [0.5, 0.6) is 0 Å².